The topological polar surface area (TPSA) is 63.9 Å². The fourth-order valence-electron chi connectivity index (χ4n) is 4.21. The average Bonchev–Trinajstić information content (AvgIpc) is 3.14. The number of nitrogens with zero attached hydrogens (tertiary/aromatic N) is 3. The van der Waals surface area contributed by atoms with Crippen LogP contribution in [0.5, 0.6) is 0 Å². The van der Waals surface area contributed by atoms with E-state index in [9.17, 15) is 9.59 Å². The van der Waals surface area contributed by atoms with Crippen LogP contribution in [0.4, 0.5) is 5.69 Å². The Labute approximate surface area is 207 Å². The van der Waals surface area contributed by atoms with E-state index in [1.165, 1.54) is 18.4 Å². The first-order valence-electron chi connectivity index (χ1n) is 11.1. The number of fused-ring (bicyclic) bond motifs is 1. The summed E-state index contributed by atoms with van der Waals surface area (Å²) in [6, 6.07) is 14.6. The summed E-state index contributed by atoms with van der Waals surface area (Å²) >= 11 is 7.80. The van der Waals surface area contributed by atoms with Crippen molar-refractivity contribution in [2.45, 2.75) is 26.8 Å². The molecule has 6 nitrogen and oxygen atoms in total. The van der Waals surface area contributed by atoms with Crippen molar-refractivity contribution in [2.24, 2.45) is 4.99 Å². The molecular formula is C26H26ClN3O3S. The second-order valence-corrected chi connectivity index (χ2v) is 9.28. The van der Waals surface area contributed by atoms with Gasteiger partial charge in [-0.2, -0.15) is 0 Å². The Balaban J connectivity index is 1.88. The van der Waals surface area contributed by atoms with Crippen LogP contribution < -0.4 is 19.8 Å². The summed E-state index contributed by atoms with van der Waals surface area (Å²) in [5.41, 5.74) is 3.29. The molecule has 0 spiro atoms. The van der Waals surface area contributed by atoms with Crippen LogP contribution in [0.2, 0.25) is 5.02 Å². The van der Waals surface area contributed by atoms with Gasteiger partial charge in [0.25, 0.3) is 5.56 Å². The van der Waals surface area contributed by atoms with Crippen LogP contribution in [0.15, 0.2) is 69.6 Å². The van der Waals surface area contributed by atoms with Crippen molar-refractivity contribution >= 4 is 40.7 Å². The molecule has 0 amide bonds. The van der Waals surface area contributed by atoms with Gasteiger partial charge in [0.2, 0.25) is 0 Å². The van der Waals surface area contributed by atoms with Crippen LogP contribution in [0, 0.1) is 0 Å². The summed E-state index contributed by atoms with van der Waals surface area (Å²) in [6.45, 7) is 7.85. The first kappa shape index (κ1) is 24.0. The predicted molar refractivity (Wildman–Crippen MR) is 137 cm³/mol. The molecule has 2 aromatic carbocycles. The van der Waals surface area contributed by atoms with Crippen molar-refractivity contribution < 1.29 is 9.53 Å². The normalized spacial score (nSPS) is 15.7. The molecule has 0 saturated carbocycles. The number of benzene rings is 2. The van der Waals surface area contributed by atoms with Crippen LogP contribution in [0.3, 0.4) is 0 Å². The van der Waals surface area contributed by atoms with Gasteiger partial charge in [-0.25, -0.2) is 9.79 Å². The fourth-order valence-corrected chi connectivity index (χ4v) is 5.49. The minimum atomic E-state index is -0.718. The maximum absolute atomic E-state index is 13.6. The number of methoxy groups -OCH3 is 1. The number of carbonyl (C=O) groups is 1. The molecule has 1 aliphatic heterocycles. The highest BCUT2D eigenvalue weighted by molar-refractivity contribution is 7.07. The summed E-state index contributed by atoms with van der Waals surface area (Å²) in [5.74, 6) is -0.535. The molecule has 4 rings (SSSR count). The van der Waals surface area contributed by atoms with Gasteiger partial charge in [-0.3, -0.25) is 9.36 Å². The van der Waals surface area contributed by atoms with E-state index in [4.69, 9.17) is 16.3 Å². The zero-order valence-electron chi connectivity index (χ0n) is 19.5. The average molecular weight is 496 g/mol. The molecule has 3 aromatic rings. The van der Waals surface area contributed by atoms with Gasteiger partial charge in [-0.1, -0.05) is 53.3 Å². The van der Waals surface area contributed by atoms with Gasteiger partial charge in [-0.05, 0) is 56.2 Å². The van der Waals surface area contributed by atoms with Gasteiger partial charge in [0.1, 0.15) is 6.04 Å². The minimum absolute atomic E-state index is 0.226. The van der Waals surface area contributed by atoms with Crippen LogP contribution in [-0.4, -0.2) is 30.7 Å². The molecule has 0 bridgehead atoms. The van der Waals surface area contributed by atoms with Crippen molar-refractivity contribution in [3.63, 3.8) is 0 Å². The lowest BCUT2D eigenvalue weighted by atomic mass is 9.96. The van der Waals surface area contributed by atoms with Crippen LogP contribution in [-0.2, 0) is 9.53 Å². The highest BCUT2D eigenvalue weighted by Gasteiger charge is 2.34. The highest BCUT2D eigenvalue weighted by atomic mass is 35.5. The molecule has 1 aromatic heterocycles. The smallest absolute Gasteiger partial charge is 0.338 e. The molecule has 2 heterocycles. The fraction of sp³-hybridized carbons (Fsp3) is 0.269. The number of hydrogen-bond donors (Lipinski definition) is 0. The Morgan fingerprint density at radius 1 is 1.18 bits per heavy atom. The van der Waals surface area contributed by atoms with Crippen molar-refractivity contribution in [2.75, 3.05) is 25.1 Å². The molecule has 8 heteroatoms. The van der Waals surface area contributed by atoms with Gasteiger partial charge in [-0.15, -0.1) is 0 Å². The minimum Gasteiger partial charge on any atom is -0.466 e. The SMILES string of the molecule is CCN(CC)c1ccc(C=c2sc3n(c2=O)[C@@H](c2ccccc2Cl)C(C(=O)OC)=C(C)N=3)cc1. The highest BCUT2D eigenvalue weighted by Crippen LogP contribution is 2.34. The van der Waals surface area contributed by atoms with E-state index < -0.39 is 12.0 Å². The van der Waals surface area contributed by atoms with E-state index >= 15 is 0 Å². The first-order valence-corrected chi connectivity index (χ1v) is 12.3. The largest absolute Gasteiger partial charge is 0.466 e. The predicted octanol–water partition coefficient (Wildman–Crippen LogP) is 3.91. The summed E-state index contributed by atoms with van der Waals surface area (Å²) in [4.78, 5) is 33.7. The molecule has 176 valence electrons. The standard InChI is InChI=1S/C26H26ClN3O3S/c1-5-29(6-2)18-13-11-17(12-14-18)15-21-24(31)30-23(19-9-7-8-10-20(19)27)22(25(32)33-4)16(3)28-26(30)34-21/h7-15,23H,5-6H2,1-4H3/t23-/m0/s1. The number of hydrogen-bond acceptors (Lipinski definition) is 6. The Morgan fingerprint density at radius 3 is 2.47 bits per heavy atom. The quantitative estimate of drug-likeness (QED) is 0.486. The molecule has 0 radical (unpaired) electrons. The van der Waals surface area contributed by atoms with Crippen molar-refractivity contribution in [1.29, 1.82) is 0 Å². The Morgan fingerprint density at radius 2 is 1.85 bits per heavy atom. The maximum Gasteiger partial charge on any atom is 0.338 e. The van der Waals surface area contributed by atoms with Crippen molar-refractivity contribution in [3.8, 4) is 0 Å². The molecule has 34 heavy (non-hydrogen) atoms. The number of halogens is 1. The lowest BCUT2D eigenvalue weighted by Crippen LogP contribution is -2.39. The molecule has 1 atom stereocenters. The summed E-state index contributed by atoms with van der Waals surface area (Å²) in [6.07, 6.45) is 1.86. The number of esters is 1. The van der Waals surface area contributed by atoms with Gasteiger partial charge in [0.05, 0.1) is 22.9 Å². The number of anilines is 1. The Hall–Kier alpha value is -3.16. The summed E-state index contributed by atoms with van der Waals surface area (Å²) < 4.78 is 7.11. The first-order chi connectivity index (χ1) is 16.4. The molecule has 0 unspecified atom stereocenters. The zero-order valence-corrected chi connectivity index (χ0v) is 21.1. The monoisotopic (exact) mass is 495 g/mol. The van der Waals surface area contributed by atoms with Crippen LogP contribution in [0.25, 0.3) is 6.08 Å². The van der Waals surface area contributed by atoms with Crippen molar-refractivity contribution in [1.82, 2.24) is 4.57 Å². The van der Waals surface area contributed by atoms with E-state index in [0.29, 0.717) is 31.2 Å². The van der Waals surface area contributed by atoms with Gasteiger partial charge >= 0.3 is 5.97 Å². The lowest BCUT2D eigenvalue weighted by Gasteiger charge is -2.25. The maximum atomic E-state index is 13.6. The van der Waals surface area contributed by atoms with Crippen LogP contribution >= 0.6 is 22.9 Å². The third kappa shape index (κ3) is 4.33. The molecule has 0 N–H and O–H groups in total. The zero-order chi connectivity index (χ0) is 24.4. The summed E-state index contributed by atoms with van der Waals surface area (Å²) in [7, 11) is 1.32. The van der Waals surface area contributed by atoms with E-state index in [-0.39, 0.29) is 5.56 Å². The lowest BCUT2D eigenvalue weighted by molar-refractivity contribution is -0.136. The number of allylic oxidation sites excluding steroid dienone is 1. The molecule has 0 fully saturated rings. The second kappa shape index (κ2) is 9.99. The van der Waals surface area contributed by atoms with Gasteiger partial charge in [0.15, 0.2) is 4.80 Å². The van der Waals surface area contributed by atoms with E-state index in [2.05, 4.69) is 35.9 Å². The number of thiazole rings is 1. The number of rotatable bonds is 6. The number of ether oxygens (including phenoxy) is 1. The summed E-state index contributed by atoms with van der Waals surface area (Å²) in [5, 5.41) is 0.463. The molecule has 0 saturated heterocycles. The third-order valence-corrected chi connectivity index (χ3v) is 7.27. The van der Waals surface area contributed by atoms with Crippen molar-refractivity contribution in [3.05, 3.63) is 95.6 Å². The molecule has 0 aliphatic carbocycles. The number of carbonyl (C=O) groups excluding carboxylic acids is 1. The molecule has 1 aliphatic rings. The molecular weight excluding hydrogens is 470 g/mol. The van der Waals surface area contributed by atoms with Gasteiger partial charge < -0.3 is 9.64 Å². The Bertz CT molecular complexity index is 1430. The third-order valence-electron chi connectivity index (χ3n) is 5.95. The van der Waals surface area contributed by atoms with E-state index in [1.54, 1.807) is 17.6 Å². The Kier molecular flexibility index (Phi) is 7.05. The van der Waals surface area contributed by atoms with Crippen LogP contribution in [0.1, 0.15) is 37.9 Å². The second-order valence-electron chi connectivity index (χ2n) is 7.86. The van der Waals surface area contributed by atoms with E-state index in [0.717, 1.165) is 24.3 Å². The van der Waals surface area contributed by atoms with Gasteiger partial charge in [0, 0.05) is 23.8 Å². The van der Waals surface area contributed by atoms with E-state index in [1.807, 2.05) is 36.4 Å². The number of aromatic nitrogens is 1.